The van der Waals surface area contributed by atoms with Crippen molar-refractivity contribution < 1.29 is 4.79 Å². The molecule has 1 atom stereocenters. The lowest BCUT2D eigenvalue weighted by Gasteiger charge is -2.22. The highest BCUT2D eigenvalue weighted by Crippen LogP contribution is 2.20. The van der Waals surface area contributed by atoms with Crippen molar-refractivity contribution in [3.8, 4) is 0 Å². The van der Waals surface area contributed by atoms with Crippen molar-refractivity contribution in [2.24, 2.45) is 5.92 Å². The first-order chi connectivity index (χ1) is 10.3. The third-order valence-corrected chi connectivity index (χ3v) is 4.38. The molecule has 0 aromatic carbocycles. The SMILES string of the molecule is C=C(C)C(NC(=O)CCc1csc(C(C)C)n1)C(C)C.CC. The number of hydrogen-bond donors (Lipinski definition) is 1. The molecule has 3 nitrogen and oxygen atoms in total. The van der Waals surface area contributed by atoms with Gasteiger partial charge in [-0.1, -0.05) is 53.7 Å². The molecule has 126 valence electrons. The molecule has 0 bridgehead atoms. The van der Waals surface area contributed by atoms with Crippen LogP contribution in [0.4, 0.5) is 0 Å². The molecule has 0 radical (unpaired) electrons. The second-order valence-electron chi connectivity index (χ2n) is 5.97. The molecule has 0 fully saturated rings. The number of nitrogens with zero attached hydrogens (tertiary/aromatic N) is 1. The second kappa shape index (κ2) is 10.5. The van der Waals surface area contributed by atoms with Crippen LogP contribution >= 0.6 is 11.3 Å². The minimum absolute atomic E-state index is 0.0594. The summed E-state index contributed by atoms with van der Waals surface area (Å²) in [6, 6.07) is 0.0594. The quantitative estimate of drug-likeness (QED) is 0.722. The van der Waals surface area contributed by atoms with Crippen molar-refractivity contribution in [3.05, 3.63) is 28.2 Å². The first kappa shape index (κ1) is 20.8. The van der Waals surface area contributed by atoms with Crippen molar-refractivity contribution in [2.75, 3.05) is 0 Å². The molecule has 0 saturated carbocycles. The van der Waals surface area contributed by atoms with Gasteiger partial charge in [0.2, 0.25) is 5.91 Å². The number of amides is 1. The fourth-order valence-corrected chi connectivity index (χ4v) is 2.92. The Morgan fingerprint density at radius 3 is 2.32 bits per heavy atom. The highest BCUT2D eigenvalue weighted by Gasteiger charge is 2.16. The van der Waals surface area contributed by atoms with Gasteiger partial charge in [0, 0.05) is 17.7 Å². The van der Waals surface area contributed by atoms with Crippen molar-refractivity contribution >= 4 is 17.2 Å². The van der Waals surface area contributed by atoms with Gasteiger partial charge in [0.1, 0.15) is 0 Å². The number of aromatic nitrogens is 1. The molecule has 22 heavy (non-hydrogen) atoms. The third kappa shape index (κ3) is 7.21. The Balaban J connectivity index is 0.00000211. The second-order valence-corrected chi connectivity index (χ2v) is 6.86. The van der Waals surface area contributed by atoms with Crippen LogP contribution < -0.4 is 5.32 Å². The van der Waals surface area contributed by atoms with Crippen molar-refractivity contribution in [1.82, 2.24) is 10.3 Å². The van der Waals surface area contributed by atoms with E-state index in [0.717, 1.165) is 16.3 Å². The zero-order chi connectivity index (χ0) is 17.3. The van der Waals surface area contributed by atoms with E-state index in [0.29, 0.717) is 24.7 Å². The highest BCUT2D eigenvalue weighted by atomic mass is 32.1. The van der Waals surface area contributed by atoms with E-state index in [1.807, 2.05) is 20.8 Å². The molecule has 0 aliphatic rings. The lowest BCUT2D eigenvalue weighted by molar-refractivity contribution is -0.121. The molecule has 1 unspecified atom stereocenters. The van der Waals surface area contributed by atoms with Gasteiger partial charge in [0.25, 0.3) is 0 Å². The van der Waals surface area contributed by atoms with Crippen LogP contribution in [0.2, 0.25) is 0 Å². The van der Waals surface area contributed by atoms with Crippen LogP contribution in [-0.2, 0) is 11.2 Å². The van der Waals surface area contributed by atoms with Crippen molar-refractivity contribution in [1.29, 1.82) is 0 Å². The smallest absolute Gasteiger partial charge is 0.220 e. The molecule has 0 aliphatic heterocycles. The van der Waals surface area contributed by atoms with E-state index in [1.165, 1.54) is 0 Å². The highest BCUT2D eigenvalue weighted by molar-refractivity contribution is 7.09. The Bertz CT molecular complexity index is 463. The minimum atomic E-state index is 0.0594. The lowest BCUT2D eigenvalue weighted by atomic mass is 9.98. The first-order valence-electron chi connectivity index (χ1n) is 8.20. The van der Waals surface area contributed by atoms with Crippen LogP contribution in [0.3, 0.4) is 0 Å². The van der Waals surface area contributed by atoms with E-state index in [4.69, 9.17) is 0 Å². The average Bonchev–Trinajstić information content (AvgIpc) is 2.93. The Kier molecular flexibility index (Phi) is 9.99. The molecule has 1 amide bonds. The topological polar surface area (TPSA) is 42.0 Å². The summed E-state index contributed by atoms with van der Waals surface area (Å²) >= 11 is 1.68. The number of hydrogen-bond acceptors (Lipinski definition) is 3. The molecule has 1 heterocycles. The Morgan fingerprint density at radius 1 is 1.32 bits per heavy atom. The predicted octanol–water partition coefficient (Wildman–Crippen LogP) is 4.94. The van der Waals surface area contributed by atoms with Gasteiger partial charge in [-0.3, -0.25) is 4.79 Å². The van der Waals surface area contributed by atoms with Crippen molar-refractivity contribution in [2.45, 2.75) is 73.3 Å². The molecule has 0 saturated heterocycles. The van der Waals surface area contributed by atoms with E-state index in [1.54, 1.807) is 11.3 Å². The first-order valence-corrected chi connectivity index (χ1v) is 9.08. The fraction of sp³-hybridized carbons (Fsp3) is 0.667. The van der Waals surface area contributed by atoms with Gasteiger partial charge >= 0.3 is 0 Å². The Morgan fingerprint density at radius 2 is 1.91 bits per heavy atom. The number of carbonyl (C=O) groups is 1. The van der Waals surface area contributed by atoms with Crippen LogP contribution in [-0.4, -0.2) is 16.9 Å². The van der Waals surface area contributed by atoms with Crippen LogP contribution in [0.25, 0.3) is 0 Å². The monoisotopic (exact) mass is 324 g/mol. The Hall–Kier alpha value is -1.16. The van der Waals surface area contributed by atoms with Gasteiger partial charge in [-0.05, 0) is 19.3 Å². The number of thiazole rings is 1. The van der Waals surface area contributed by atoms with Crippen LogP contribution in [0.15, 0.2) is 17.5 Å². The fourth-order valence-electron chi connectivity index (χ4n) is 2.05. The predicted molar refractivity (Wildman–Crippen MR) is 97.5 cm³/mol. The normalized spacial score (nSPS) is 11.9. The van der Waals surface area contributed by atoms with Crippen LogP contribution in [0.5, 0.6) is 0 Å². The van der Waals surface area contributed by atoms with E-state index in [2.05, 4.69) is 50.0 Å². The zero-order valence-electron chi connectivity index (χ0n) is 15.2. The van der Waals surface area contributed by atoms with Gasteiger partial charge in [-0.15, -0.1) is 11.3 Å². The van der Waals surface area contributed by atoms with Gasteiger partial charge in [0.15, 0.2) is 0 Å². The van der Waals surface area contributed by atoms with Crippen LogP contribution in [0.1, 0.15) is 71.5 Å². The Labute approximate surface area is 140 Å². The molecule has 0 aliphatic carbocycles. The minimum Gasteiger partial charge on any atom is -0.349 e. The summed E-state index contributed by atoms with van der Waals surface area (Å²) in [6.45, 7) is 18.4. The summed E-state index contributed by atoms with van der Waals surface area (Å²) in [7, 11) is 0. The number of carbonyl (C=O) groups excluding carboxylic acids is 1. The van der Waals surface area contributed by atoms with Crippen LogP contribution in [0, 0.1) is 5.92 Å². The summed E-state index contributed by atoms with van der Waals surface area (Å²) in [5.41, 5.74) is 2.02. The standard InChI is InChI=1S/C16H26N2OS.C2H6/c1-10(2)15(11(3)4)18-14(19)8-7-13-9-20-16(17-13)12(5)6;1-2/h9,11-12,15H,1,7-8H2,2-6H3,(H,18,19);1-2H3. The number of rotatable bonds is 7. The molecule has 4 heteroatoms. The third-order valence-electron chi connectivity index (χ3n) is 3.19. The summed E-state index contributed by atoms with van der Waals surface area (Å²) < 4.78 is 0. The van der Waals surface area contributed by atoms with Gasteiger partial charge in [-0.25, -0.2) is 4.98 Å². The number of aryl methyl sites for hydroxylation is 1. The molecular weight excluding hydrogens is 292 g/mol. The summed E-state index contributed by atoms with van der Waals surface area (Å²) in [5.74, 6) is 0.894. The maximum absolute atomic E-state index is 12.0. The van der Waals surface area contributed by atoms with E-state index < -0.39 is 0 Å². The van der Waals surface area contributed by atoms with Gasteiger partial charge in [-0.2, -0.15) is 0 Å². The van der Waals surface area contributed by atoms with E-state index in [9.17, 15) is 4.79 Å². The van der Waals surface area contributed by atoms with Gasteiger partial charge < -0.3 is 5.32 Å². The largest absolute Gasteiger partial charge is 0.349 e. The van der Waals surface area contributed by atoms with Gasteiger partial charge in [0.05, 0.1) is 16.7 Å². The summed E-state index contributed by atoms with van der Waals surface area (Å²) in [6.07, 6.45) is 1.19. The summed E-state index contributed by atoms with van der Waals surface area (Å²) in [4.78, 5) is 16.6. The molecule has 1 aromatic heterocycles. The molecular formula is C18H32N2OS. The maximum Gasteiger partial charge on any atom is 0.220 e. The molecule has 1 aromatic rings. The molecule has 1 rings (SSSR count). The van der Waals surface area contributed by atoms with Crippen molar-refractivity contribution in [3.63, 3.8) is 0 Å². The average molecular weight is 325 g/mol. The molecule has 1 N–H and O–H groups in total. The molecule has 0 spiro atoms. The summed E-state index contributed by atoms with van der Waals surface area (Å²) in [5, 5.41) is 6.25. The van der Waals surface area contributed by atoms with E-state index >= 15 is 0 Å². The zero-order valence-corrected chi connectivity index (χ0v) is 16.0. The lowest BCUT2D eigenvalue weighted by Crippen LogP contribution is -2.39. The number of nitrogens with one attached hydrogen (secondary N) is 1. The van der Waals surface area contributed by atoms with E-state index in [-0.39, 0.29) is 11.9 Å². The maximum atomic E-state index is 12.0.